The molecule has 2 N–H and O–H groups in total. The molecular weight excluding hydrogens is 289 g/mol. The lowest BCUT2D eigenvalue weighted by atomic mass is 10.1. The topological polar surface area (TPSA) is 72.4 Å². The summed E-state index contributed by atoms with van der Waals surface area (Å²) in [6.45, 7) is 3.51. The summed E-state index contributed by atoms with van der Waals surface area (Å²) in [7, 11) is 0. The molecular formula is C12H17Cl2N3O2. The molecule has 1 aromatic carbocycles. The molecule has 0 saturated carbocycles. The highest BCUT2D eigenvalue weighted by molar-refractivity contribution is 6.32. The zero-order valence-electron chi connectivity index (χ0n) is 10.4. The van der Waals surface area contributed by atoms with Crippen LogP contribution >= 0.6 is 24.0 Å². The van der Waals surface area contributed by atoms with Gasteiger partial charge in [-0.3, -0.25) is 15.0 Å². The maximum atomic E-state index is 10.7. The molecule has 0 amide bonds. The smallest absolute Gasteiger partial charge is 0.287 e. The van der Waals surface area contributed by atoms with E-state index in [1.165, 1.54) is 6.07 Å². The molecule has 1 saturated heterocycles. The summed E-state index contributed by atoms with van der Waals surface area (Å²) in [6, 6.07) is 4.91. The van der Waals surface area contributed by atoms with Crippen molar-refractivity contribution in [2.45, 2.75) is 13.0 Å². The molecule has 106 valence electrons. The number of nitro benzene ring substituents is 1. The minimum atomic E-state index is -0.466. The summed E-state index contributed by atoms with van der Waals surface area (Å²) in [5.74, 6) is 0.568. The van der Waals surface area contributed by atoms with Crippen molar-refractivity contribution in [3.63, 3.8) is 0 Å². The lowest BCUT2D eigenvalue weighted by Crippen LogP contribution is -2.22. The molecule has 0 bridgehead atoms. The molecule has 1 atom stereocenters. The van der Waals surface area contributed by atoms with E-state index in [0.29, 0.717) is 5.92 Å². The van der Waals surface area contributed by atoms with Gasteiger partial charge in [0.2, 0.25) is 0 Å². The lowest BCUT2D eigenvalue weighted by molar-refractivity contribution is -0.384. The highest BCUT2D eigenvalue weighted by atomic mass is 35.5. The molecule has 1 aliphatic rings. The van der Waals surface area contributed by atoms with E-state index in [2.05, 4.69) is 4.90 Å². The Morgan fingerprint density at radius 2 is 2.26 bits per heavy atom. The number of rotatable bonds is 4. The number of nitrogens with two attached hydrogens (primary N) is 1. The molecule has 1 aliphatic heterocycles. The van der Waals surface area contributed by atoms with E-state index in [9.17, 15) is 10.1 Å². The second-order valence-electron chi connectivity index (χ2n) is 4.67. The summed E-state index contributed by atoms with van der Waals surface area (Å²) in [4.78, 5) is 12.5. The van der Waals surface area contributed by atoms with E-state index in [0.717, 1.165) is 38.2 Å². The molecule has 2 rings (SSSR count). The number of halogens is 2. The lowest BCUT2D eigenvalue weighted by Gasteiger charge is -2.15. The number of benzene rings is 1. The predicted octanol–water partition coefficient (Wildman–Crippen LogP) is 2.45. The fourth-order valence-corrected chi connectivity index (χ4v) is 2.58. The first-order chi connectivity index (χ1) is 8.60. The molecule has 1 fully saturated rings. The van der Waals surface area contributed by atoms with E-state index >= 15 is 0 Å². The predicted molar refractivity (Wildman–Crippen MR) is 77.8 cm³/mol. The standard InChI is InChI=1S/C12H16ClN3O2.ClH/c13-11-5-9(1-2-12(11)16(17)18)7-15-4-3-10(6-14)8-15;/h1-2,5,10H,3-4,6-8,14H2;1H. The maximum absolute atomic E-state index is 10.7. The molecule has 5 nitrogen and oxygen atoms in total. The Bertz CT molecular complexity index is 457. The van der Waals surface area contributed by atoms with Gasteiger partial charge in [0, 0.05) is 19.2 Å². The van der Waals surface area contributed by atoms with E-state index in [4.69, 9.17) is 17.3 Å². The fourth-order valence-electron chi connectivity index (χ4n) is 2.30. The van der Waals surface area contributed by atoms with Gasteiger partial charge in [0.1, 0.15) is 5.02 Å². The molecule has 0 aromatic heterocycles. The minimum Gasteiger partial charge on any atom is -0.330 e. The van der Waals surface area contributed by atoms with E-state index in [-0.39, 0.29) is 23.1 Å². The SMILES string of the molecule is Cl.NCC1CCN(Cc2ccc([N+](=O)[O-])c(Cl)c2)C1. The first-order valence-electron chi connectivity index (χ1n) is 5.95. The number of nitro groups is 1. The summed E-state index contributed by atoms with van der Waals surface area (Å²) >= 11 is 5.89. The summed E-state index contributed by atoms with van der Waals surface area (Å²) in [5.41, 5.74) is 6.61. The van der Waals surface area contributed by atoms with Gasteiger partial charge < -0.3 is 5.73 Å². The van der Waals surface area contributed by atoms with Crippen LogP contribution in [0.1, 0.15) is 12.0 Å². The largest absolute Gasteiger partial charge is 0.330 e. The van der Waals surface area contributed by atoms with Crippen molar-refractivity contribution in [3.05, 3.63) is 38.9 Å². The highest BCUT2D eigenvalue weighted by Gasteiger charge is 2.21. The number of hydrogen-bond donors (Lipinski definition) is 1. The third kappa shape index (κ3) is 4.04. The van der Waals surface area contributed by atoms with Crippen LogP contribution < -0.4 is 5.73 Å². The van der Waals surface area contributed by atoms with Gasteiger partial charge in [0.25, 0.3) is 5.69 Å². The molecule has 0 spiro atoms. The van der Waals surface area contributed by atoms with Crippen molar-refractivity contribution in [1.82, 2.24) is 4.90 Å². The van der Waals surface area contributed by atoms with E-state index in [1.807, 2.05) is 0 Å². The van der Waals surface area contributed by atoms with Gasteiger partial charge in [-0.25, -0.2) is 0 Å². The van der Waals surface area contributed by atoms with Crippen LogP contribution in [-0.2, 0) is 6.54 Å². The van der Waals surface area contributed by atoms with Gasteiger partial charge in [0.05, 0.1) is 4.92 Å². The second-order valence-corrected chi connectivity index (χ2v) is 5.08. The summed E-state index contributed by atoms with van der Waals surface area (Å²) < 4.78 is 0. The number of likely N-dealkylation sites (tertiary alicyclic amines) is 1. The number of hydrogen-bond acceptors (Lipinski definition) is 4. The van der Waals surface area contributed by atoms with Crippen LogP contribution in [0.15, 0.2) is 18.2 Å². The van der Waals surface area contributed by atoms with Crippen molar-refractivity contribution in [3.8, 4) is 0 Å². The average molecular weight is 306 g/mol. The zero-order valence-corrected chi connectivity index (χ0v) is 12.0. The average Bonchev–Trinajstić information content (AvgIpc) is 2.76. The van der Waals surface area contributed by atoms with Crippen molar-refractivity contribution < 1.29 is 4.92 Å². The molecule has 0 radical (unpaired) electrons. The molecule has 19 heavy (non-hydrogen) atoms. The van der Waals surface area contributed by atoms with Crippen LogP contribution in [0, 0.1) is 16.0 Å². The Morgan fingerprint density at radius 3 is 2.79 bits per heavy atom. The minimum absolute atomic E-state index is 0. The van der Waals surface area contributed by atoms with E-state index in [1.54, 1.807) is 12.1 Å². The van der Waals surface area contributed by atoms with Crippen LogP contribution in [-0.4, -0.2) is 29.5 Å². The van der Waals surface area contributed by atoms with Crippen LogP contribution in [0.5, 0.6) is 0 Å². The highest BCUT2D eigenvalue weighted by Crippen LogP contribution is 2.26. The van der Waals surface area contributed by atoms with E-state index < -0.39 is 4.92 Å². The van der Waals surface area contributed by atoms with Gasteiger partial charge in [0.15, 0.2) is 0 Å². The van der Waals surface area contributed by atoms with Gasteiger partial charge in [-0.15, -0.1) is 12.4 Å². The third-order valence-corrected chi connectivity index (χ3v) is 3.62. The van der Waals surface area contributed by atoms with Crippen LogP contribution in [0.4, 0.5) is 5.69 Å². The zero-order chi connectivity index (χ0) is 13.1. The van der Waals surface area contributed by atoms with Gasteiger partial charge in [-0.05, 0) is 37.1 Å². The summed E-state index contributed by atoms with van der Waals surface area (Å²) in [6.07, 6.45) is 1.12. The quantitative estimate of drug-likeness (QED) is 0.685. The van der Waals surface area contributed by atoms with Crippen molar-refractivity contribution in [1.29, 1.82) is 0 Å². The molecule has 1 aromatic rings. The first kappa shape index (κ1) is 16.2. The van der Waals surface area contributed by atoms with Crippen molar-refractivity contribution in [2.75, 3.05) is 19.6 Å². The van der Waals surface area contributed by atoms with Crippen molar-refractivity contribution >= 4 is 29.7 Å². The normalized spacial score (nSPS) is 19.2. The van der Waals surface area contributed by atoms with Gasteiger partial charge in [-0.2, -0.15) is 0 Å². The Kier molecular flexibility index (Phi) is 6.00. The van der Waals surface area contributed by atoms with Gasteiger partial charge in [-0.1, -0.05) is 17.7 Å². The molecule has 1 unspecified atom stereocenters. The fraction of sp³-hybridized carbons (Fsp3) is 0.500. The number of nitrogens with zero attached hydrogens (tertiary/aromatic N) is 2. The monoisotopic (exact) mass is 305 g/mol. The molecule has 1 heterocycles. The van der Waals surface area contributed by atoms with Crippen LogP contribution in [0.3, 0.4) is 0 Å². The Labute approximate surface area is 123 Å². The van der Waals surface area contributed by atoms with Crippen LogP contribution in [0.25, 0.3) is 0 Å². The Morgan fingerprint density at radius 1 is 1.53 bits per heavy atom. The third-order valence-electron chi connectivity index (χ3n) is 3.32. The Balaban J connectivity index is 0.00000180. The molecule has 0 aliphatic carbocycles. The van der Waals surface area contributed by atoms with Crippen LogP contribution in [0.2, 0.25) is 5.02 Å². The second kappa shape index (κ2) is 7.05. The van der Waals surface area contributed by atoms with Gasteiger partial charge >= 0.3 is 0 Å². The first-order valence-corrected chi connectivity index (χ1v) is 6.33. The summed E-state index contributed by atoms with van der Waals surface area (Å²) in [5, 5.41) is 10.9. The van der Waals surface area contributed by atoms with Crippen molar-refractivity contribution in [2.24, 2.45) is 11.7 Å². The molecule has 7 heteroatoms. The Hall–Kier alpha value is -0.880. The maximum Gasteiger partial charge on any atom is 0.287 e.